The van der Waals surface area contributed by atoms with Gasteiger partial charge in [-0.3, -0.25) is 0 Å². The monoisotopic (exact) mass is 395 g/mol. The second kappa shape index (κ2) is 15.3. The summed E-state index contributed by atoms with van der Waals surface area (Å²) in [4.78, 5) is 11.0. The van der Waals surface area contributed by atoms with Crippen LogP contribution >= 0.6 is 0 Å². The van der Waals surface area contributed by atoms with E-state index >= 15 is 0 Å². The number of anilines is 1. The van der Waals surface area contributed by atoms with E-state index < -0.39 is 5.97 Å². The normalized spacial score (nSPS) is 15.0. The number of benzene rings is 1. The molecule has 28 heavy (non-hydrogen) atoms. The largest absolute Gasteiger partial charge is 1.00 e. The van der Waals surface area contributed by atoms with Crippen molar-refractivity contribution in [1.82, 2.24) is 0 Å². The summed E-state index contributed by atoms with van der Waals surface area (Å²) in [6, 6.07) is 5.76. The van der Waals surface area contributed by atoms with Crippen LogP contribution in [0.3, 0.4) is 0 Å². The van der Waals surface area contributed by atoms with Crippen LogP contribution in [0.2, 0.25) is 0 Å². The SMILES string of the molecule is CCCCCCCCCCCCCCCC1Cc2ccc(C(=O)[O-])cc2N1.[Na+]. The fourth-order valence-electron chi connectivity index (χ4n) is 4.13. The number of rotatable bonds is 15. The average Bonchev–Trinajstić information content (AvgIpc) is 3.07. The maximum atomic E-state index is 11.0. The predicted molar refractivity (Wildman–Crippen MR) is 112 cm³/mol. The molecule has 0 aliphatic carbocycles. The van der Waals surface area contributed by atoms with Gasteiger partial charge in [-0.25, -0.2) is 0 Å². The summed E-state index contributed by atoms with van der Waals surface area (Å²) in [5.41, 5.74) is 2.49. The molecule has 1 heterocycles. The van der Waals surface area contributed by atoms with Gasteiger partial charge in [-0.2, -0.15) is 0 Å². The van der Waals surface area contributed by atoms with E-state index in [0.717, 1.165) is 12.1 Å². The zero-order chi connectivity index (χ0) is 19.3. The quantitative estimate of drug-likeness (QED) is 0.367. The van der Waals surface area contributed by atoms with E-state index in [9.17, 15) is 9.90 Å². The van der Waals surface area contributed by atoms with Crippen LogP contribution in [0.1, 0.15) is 113 Å². The van der Waals surface area contributed by atoms with E-state index in [0.29, 0.717) is 6.04 Å². The van der Waals surface area contributed by atoms with Crippen LogP contribution in [-0.4, -0.2) is 12.0 Å². The van der Waals surface area contributed by atoms with Gasteiger partial charge >= 0.3 is 29.6 Å². The van der Waals surface area contributed by atoms with Gasteiger partial charge in [0.1, 0.15) is 0 Å². The molecule has 152 valence electrons. The molecule has 0 amide bonds. The number of carbonyl (C=O) groups is 1. The third-order valence-electron chi connectivity index (χ3n) is 5.83. The Morgan fingerprint density at radius 2 is 1.46 bits per heavy atom. The van der Waals surface area contributed by atoms with E-state index in [1.54, 1.807) is 12.1 Å². The molecule has 0 saturated carbocycles. The van der Waals surface area contributed by atoms with Gasteiger partial charge in [0.15, 0.2) is 0 Å². The second-order valence-corrected chi connectivity index (χ2v) is 8.24. The van der Waals surface area contributed by atoms with Gasteiger partial charge in [0.25, 0.3) is 0 Å². The number of hydrogen-bond acceptors (Lipinski definition) is 3. The minimum atomic E-state index is -1.10. The summed E-state index contributed by atoms with van der Waals surface area (Å²) in [5.74, 6) is -1.10. The molecule has 4 heteroatoms. The zero-order valence-electron chi connectivity index (χ0n) is 18.2. The Labute approximate surface area is 194 Å². The van der Waals surface area contributed by atoms with Gasteiger partial charge in [-0.15, -0.1) is 0 Å². The topological polar surface area (TPSA) is 52.2 Å². The summed E-state index contributed by atoms with van der Waals surface area (Å²) in [6.07, 6.45) is 20.2. The Morgan fingerprint density at radius 1 is 0.929 bits per heavy atom. The Bertz CT molecular complexity index is 562. The van der Waals surface area contributed by atoms with Crippen molar-refractivity contribution < 1.29 is 39.5 Å². The number of unbranched alkanes of at least 4 members (excludes halogenated alkanes) is 12. The molecule has 0 spiro atoms. The molecule has 2 rings (SSSR count). The van der Waals surface area contributed by atoms with Gasteiger partial charge in [0.05, 0.1) is 5.97 Å². The summed E-state index contributed by atoms with van der Waals surface area (Å²) in [7, 11) is 0. The molecule has 0 radical (unpaired) electrons. The third-order valence-corrected chi connectivity index (χ3v) is 5.83. The van der Waals surface area contributed by atoms with Gasteiger partial charge in [-0.05, 0) is 30.0 Å². The van der Waals surface area contributed by atoms with Crippen molar-refractivity contribution in [2.45, 2.75) is 109 Å². The molecule has 0 saturated heterocycles. The maximum absolute atomic E-state index is 11.0. The fourth-order valence-corrected chi connectivity index (χ4v) is 4.13. The van der Waals surface area contributed by atoms with Crippen molar-refractivity contribution in [2.75, 3.05) is 5.32 Å². The molecule has 1 atom stereocenters. The van der Waals surface area contributed by atoms with Gasteiger partial charge in [0.2, 0.25) is 0 Å². The first kappa shape index (κ1) is 25.5. The first-order valence-corrected chi connectivity index (χ1v) is 11.3. The Morgan fingerprint density at radius 3 is 2.00 bits per heavy atom. The molecule has 1 aromatic rings. The van der Waals surface area contributed by atoms with E-state index in [-0.39, 0.29) is 35.1 Å². The smallest absolute Gasteiger partial charge is 0.545 e. The van der Waals surface area contributed by atoms with Crippen LogP contribution in [0.25, 0.3) is 0 Å². The molecule has 1 aliphatic rings. The molecule has 0 bridgehead atoms. The average molecular weight is 396 g/mol. The van der Waals surface area contributed by atoms with Crippen molar-refractivity contribution in [1.29, 1.82) is 0 Å². The molecule has 0 fully saturated rings. The van der Waals surface area contributed by atoms with Crippen LogP contribution in [0, 0.1) is 0 Å². The number of carboxylic acids is 1. The van der Waals surface area contributed by atoms with Crippen molar-refractivity contribution in [3.63, 3.8) is 0 Å². The maximum Gasteiger partial charge on any atom is 1.00 e. The van der Waals surface area contributed by atoms with E-state index in [2.05, 4.69) is 12.2 Å². The third kappa shape index (κ3) is 9.80. The molecular formula is C24H38NNaO2. The van der Waals surface area contributed by atoms with Gasteiger partial charge in [0, 0.05) is 11.7 Å². The van der Waals surface area contributed by atoms with Crippen LogP contribution in [0.4, 0.5) is 5.69 Å². The Balaban J connectivity index is 0.00000392. The van der Waals surface area contributed by atoms with Crippen molar-refractivity contribution in [3.8, 4) is 0 Å². The van der Waals surface area contributed by atoms with E-state index in [1.807, 2.05) is 6.07 Å². The Kier molecular flexibility index (Phi) is 14.0. The minimum Gasteiger partial charge on any atom is -0.545 e. The summed E-state index contributed by atoms with van der Waals surface area (Å²) >= 11 is 0. The number of hydrogen-bond donors (Lipinski definition) is 1. The number of carboxylic acid groups (broad SMARTS) is 1. The van der Waals surface area contributed by atoms with Crippen LogP contribution < -0.4 is 40.0 Å². The Hall–Kier alpha value is -0.510. The molecule has 3 nitrogen and oxygen atoms in total. The van der Waals surface area contributed by atoms with Crippen molar-refractivity contribution >= 4 is 11.7 Å². The van der Waals surface area contributed by atoms with E-state index in [4.69, 9.17) is 0 Å². The number of aromatic carboxylic acids is 1. The van der Waals surface area contributed by atoms with Gasteiger partial charge < -0.3 is 15.2 Å². The van der Waals surface area contributed by atoms with Gasteiger partial charge in [-0.1, -0.05) is 103 Å². The van der Waals surface area contributed by atoms with Crippen LogP contribution in [0.15, 0.2) is 18.2 Å². The fraction of sp³-hybridized carbons (Fsp3) is 0.708. The molecule has 1 N–H and O–H groups in total. The molecule has 0 aromatic heterocycles. The summed E-state index contributed by atoms with van der Waals surface area (Å²) in [5, 5.41) is 14.4. The standard InChI is InChI=1S/C24H39NO2.Na/c1-2-3-4-5-6-7-8-9-10-11-12-13-14-15-22-18-20-16-17-21(24(26)27)19-23(20)25-22;/h16-17,19,22,25H,2-15,18H2,1H3,(H,26,27);/q;+1/p-1. The molecule has 1 aromatic carbocycles. The number of nitrogens with one attached hydrogen (secondary N) is 1. The molecule has 1 aliphatic heterocycles. The van der Waals surface area contributed by atoms with Crippen molar-refractivity contribution in [3.05, 3.63) is 29.3 Å². The summed E-state index contributed by atoms with van der Waals surface area (Å²) < 4.78 is 0. The minimum absolute atomic E-state index is 0. The molecular weight excluding hydrogens is 357 g/mol. The van der Waals surface area contributed by atoms with Crippen LogP contribution in [-0.2, 0) is 6.42 Å². The number of carbonyl (C=O) groups excluding carboxylic acids is 1. The van der Waals surface area contributed by atoms with Crippen molar-refractivity contribution in [2.24, 2.45) is 0 Å². The van der Waals surface area contributed by atoms with E-state index in [1.165, 1.54) is 95.5 Å². The predicted octanol–water partition coefficient (Wildman–Crippen LogP) is 2.87. The number of fused-ring (bicyclic) bond motifs is 1. The first-order chi connectivity index (χ1) is 13.2. The second-order valence-electron chi connectivity index (χ2n) is 8.24. The first-order valence-electron chi connectivity index (χ1n) is 11.3. The summed E-state index contributed by atoms with van der Waals surface area (Å²) in [6.45, 7) is 2.28. The molecule has 1 unspecified atom stereocenters. The van der Waals surface area contributed by atoms with Crippen LogP contribution in [0.5, 0.6) is 0 Å². The zero-order valence-corrected chi connectivity index (χ0v) is 20.2.